The van der Waals surface area contributed by atoms with Crippen molar-refractivity contribution in [3.8, 4) is 22.3 Å². The van der Waals surface area contributed by atoms with Crippen molar-refractivity contribution in [2.24, 2.45) is 9.98 Å². The lowest BCUT2D eigenvalue weighted by atomic mass is 9.72. The lowest BCUT2D eigenvalue weighted by molar-refractivity contribution is 0.393. The largest absolute Gasteiger partial charge is 0.240 e. The van der Waals surface area contributed by atoms with Gasteiger partial charge < -0.3 is 0 Å². The van der Waals surface area contributed by atoms with Crippen molar-refractivity contribution in [2.45, 2.75) is 50.4 Å². The summed E-state index contributed by atoms with van der Waals surface area (Å²) >= 11 is 0. The molecule has 0 heterocycles. The zero-order valence-electron chi connectivity index (χ0n) is 21.0. The van der Waals surface area contributed by atoms with Gasteiger partial charge in [0.1, 0.15) is 0 Å². The van der Waals surface area contributed by atoms with Gasteiger partial charge in [-0.15, -0.1) is 0 Å². The number of hydrogen-bond acceptors (Lipinski definition) is 4. The molecule has 2 unspecified atom stereocenters. The summed E-state index contributed by atoms with van der Waals surface area (Å²) in [6, 6.07) is 25.3. The average Bonchev–Trinajstić information content (AvgIpc) is 3.51. The van der Waals surface area contributed by atoms with Gasteiger partial charge in [0.05, 0.1) is 11.4 Å². The average molecular weight is 495 g/mol. The minimum absolute atomic E-state index is 0.262. The molecule has 0 amide bonds. The van der Waals surface area contributed by atoms with Crippen LogP contribution in [0.15, 0.2) is 82.8 Å². The standard InChI is InChI=1S/C34H26N2O2/c37-19-35-31-14-12-27-25-10-3-1-6-21(25)17-29(27)33(31)23-8-5-9-24(16-23)34-30-18-22-7-2-4-11-26(22)28(30)13-15-32(34)36-20-38/h1-4,6-7,10-15,23-24H,5,8-9,16-18H2. The van der Waals surface area contributed by atoms with Crippen LogP contribution < -0.4 is 0 Å². The molecule has 1 fully saturated rings. The highest BCUT2D eigenvalue weighted by atomic mass is 16.1. The number of hydrogen-bond donors (Lipinski definition) is 0. The Balaban J connectivity index is 1.33. The Labute approximate surface area is 221 Å². The van der Waals surface area contributed by atoms with Crippen LogP contribution in [-0.4, -0.2) is 12.2 Å². The highest BCUT2D eigenvalue weighted by Gasteiger charge is 2.34. The lowest BCUT2D eigenvalue weighted by Crippen LogP contribution is -2.16. The summed E-state index contributed by atoms with van der Waals surface area (Å²) < 4.78 is 0. The monoisotopic (exact) mass is 494 g/mol. The molecular formula is C34H26N2O2. The van der Waals surface area contributed by atoms with Gasteiger partial charge in [0.15, 0.2) is 0 Å². The van der Waals surface area contributed by atoms with Crippen LogP contribution in [0, 0.1) is 0 Å². The van der Waals surface area contributed by atoms with Crippen LogP contribution >= 0.6 is 0 Å². The van der Waals surface area contributed by atoms with Crippen LogP contribution in [0.2, 0.25) is 0 Å². The maximum atomic E-state index is 11.4. The number of benzene rings is 4. The van der Waals surface area contributed by atoms with Gasteiger partial charge in [0.2, 0.25) is 12.2 Å². The van der Waals surface area contributed by atoms with Gasteiger partial charge in [-0.2, -0.15) is 9.98 Å². The van der Waals surface area contributed by atoms with Crippen LogP contribution in [0.1, 0.15) is 70.9 Å². The van der Waals surface area contributed by atoms with E-state index in [0.29, 0.717) is 0 Å². The maximum absolute atomic E-state index is 11.4. The van der Waals surface area contributed by atoms with E-state index < -0.39 is 0 Å². The van der Waals surface area contributed by atoms with Crippen LogP contribution in [0.25, 0.3) is 22.3 Å². The minimum atomic E-state index is 0.262. The Morgan fingerprint density at radius 1 is 0.579 bits per heavy atom. The summed E-state index contributed by atoms with van der Waals surface area (Å²) in [5.74, 6) is 0.524. The predicted molar refractivity (Wildman–Crippen MR) is 149 cm³/mol. The second-order valence-electron chi connectivity index (χ2n) is 10.7. The second kappa shape index (κ2) is 9.19. The fourth-order valence-corrected chi connectivity index (χ4v) is 7.36. The quantitative estimate of drug-likeness (QED) is 0.183. The van der Waals surface area contributed by atoms with Crippen LogP contribution in [0.3, 0.4) is 0 Å². The Bertz CT molecular complexity index is 1580. The lowest BCUT2D eigenvalue weighted by Gasteiger charge is -2.33. The van der Waals surface area contributed by atoms with E-state index in [4.69, 9.17) is 0 Å². The molecule has 3 aliphatic rings. The number of rotatable bonds is 4. The summed E-state index contributed by atoms with van der Waals surface area (Å²) in [5, 5.41) is 0. The highest BCUT2D eigenvalue weighted by Crippen LogP contribution is 2.53. The number of nitrogens with zero attached hydrogens (tertiary/aromatic N) is 2. The smallest absolute Gasteiger partial charge is 0.211 e. The van der Waals surface area contributed by atoms with E-state index in [1.54, 1.807) is 12.2 Å². The molecule has 0 aromatic heterocycles. The molecule has 0 N–H and O–H groups in total. The third kappa shape index (κ3) is 3.54. The van der Waals surface area contributed by atoms with Crippen molar-refractivity contribution >= 4 is 23.5 Å². The molecule has 38 heavy (non-hydrogen) atoms. The van der Waals surface area contributed by atoms with E-state index in [0.717, 1.165) is 49.9 Å². The molecule has 184 valence electrons. The minimum Gasteiger partial charge on any atom is -0.211 e. The van der Waals surface area contributed by atoms with Crippen molar-refractivity contribution in [3.63, 3.8) is 0 Å². The Morgan fingerprint density at radius 2 is 1.05 bits per heavy atom. The summed E-state index contributed by atoms with van der Waals surface area (Å²) in [7, 11) is 0. The van der Waals surface area contributed by atoms with E-state index in [-0.39, 0.29) is 11.8 Å². The first-order valence-corrected chi connectivity index (χ1v) is 13.4. The molecule has 0 saturated heterocycles. The molecule has 0 bridgehead atoms. The van der Waals surface area contributed by atoms with Crippen LogP contribution in [0.4, 0.5) is 11.4 Å². The molecule has 4 nitrogen and oxygen atoms in total. The molecule has 3 aliphatic carbocycles. The molecule has 7 rings (SSSR count). The molecule has 0 aliphatic heterocycles. The molecule has 4 heteroatoms. The van der Waals surface area contributed by atoms with E-state index >= 15 is 0 Å². The first-order chi connectivity index (χ1) is 18.8. The summed E-state index contributed by atoms with van der Waals surface area (Å²) in [6.07, 6.45) is 9.43. The Kier molecular flexibility index (Phi) is 5.51. The number of fused-ring (bicyclic) bond motifs is 6. The first-order valence-electron chi connectivity index (χ1n) is 13.4. The van der Waals surface area contributed by atoms with Gasteiger partial charge in [-0.3, -0.25) is 0 Å². The molecule has 4 aromatic carbocycles. The van der Waals surface area contributed by atoms with E-state index in [9.17, 15) is 9.59 Å². The van der Waals surface area contributed by atoms with E-state index in [1.165, 1.54) is 55.6 Å². The molecule has 0 radical (unpaired) electrons. The van der Waals surface area contributed by atoms with Gasteiger partial charge in [0.25, 0.3) is 0 Å². The van der Waals surface area contributed by atoms with E-state index in [2.05, 4.69) is 70.6 Å². The van der Waals surface area contributed by atoms with Crippen molar-refractivity contribution in [3.05, 3.63) is 106 Å². The summed E-state index contributed by atoms with van der Waals surface area (Å²) in [4.78, 5) is 31.2. The third-order valence-corrected chi connectivity index (χ3v) is 8.84. The first kappa shape index (κ1) is 22.8. The number of aliphatic imine (C=N–C) groups is 2. The Hall–Kier alpha value is -4.36. The number of carbonyl (C=O) groups excluding carboxylic acids is 2. The molecule has 2 atom stereocenters. The zero-order valence-corrected chi connectivity index (χ0v) is 21.0. The van der Waals surface area contributed by atoms with Crippen molar-refractivity contribution in [1.29, 1.82) is 0 Å². The third-order valence-electron chi connectivity index (χ3n) is 8.84. The van der Waals surface area contributed by atoms with Crippen molar-refractivity contribution in [1.82, 2.24) is 0 Å². The van der Waals surface area contributed by atoms with Crippen molar-refractivity contribution in [2.75, 3.05) is 0 Å². The van der Waals surface area contributed by atoms with Gasteiger partial charge in [-0.25, -0.2) is 9.59 Å². The Morgan fingerprint density at radius 3 is 1.53 bits per heavy atom. The number of isocyanates is 2. The van der Waals surface area contributed by atoms with Gasteiger partial charge in [-0.05, 0) is 112 Å². The molecular weight excluding hydrogens is 468 g/mol. The molecule has 4 aromatic rings. The van der Waals surface area contributed by atoms with Gasteiger partial charge in [-0.1, -0.05) is 67.1 Å². The van der Waals surface area contributed by atoms with Gasteiger partial charge >= 0.3 is 0 Å². The van der Waals surface area contributed by atoms with Gasteiger partial charge in [0, 0.05) is 0 Å². The maximum Gasteiger partial charge on any atom is 0.240 e. The van der Waals surface area contributed by atoms with Crippen LogP contribution in [0.5, 0.6) is 0 Å². The van der Waals surface area contributed by atoms with Crippen molar-refractivity contribution < 1.29 is 9.59 Å². The summed E-state index contributed by atoms with van der Waals surface area (Å²) in [5.41, 5.74) is 14.2. The van der Waals surface area contributed by atoms with Crippen LogP contribution in [-0.2, 0) is 22.4 Å². The fourth-order valence-electron chi connectivity index (χ4n) is 7.36. The van der Waals surface area contributed by atoms with E-state index in [1.807, 2.05) is 12.1 Å². The molecule has 0 spiro atoms. The topological polar surface area (TPSA) is 58.9 Å². The SMILES string of the molecule is O=C=Nc1ccc2c(c1C1CCCC(c3c(N=C=O)ccc4c3Cc3ccccc3-4)C1)Cc1ccccc1-2. The molecule has 1 saturated carbocycles. The normalized spacial score (nSPS) is 18.4. The zero-order chi connectivity index (χ0) is 25.6. The highest BCUT2D eigenvalue weighted by molar-refractivity contribution is 5.82. The predicted octanol–water partition coefficient (Wildman–Crippen LogP) is 8.21. The second-order valence-corrected chi connectivity index (χ2v) is 10.7. The summed E-state index contributed by atoms with van der Waals surface area (Å²) in [6.45, 7) is 0. The fraction of sp³-hybridized carbons (Fsp3) is 0.235.